The van der Waals surface area contributed by atoms with Gasteiger partial charge in [0.1, 0.15) is 0 Å². The highest BCUT2D eigenvalue weighted by atomic mass is 19.3. The molecule has 0 radical (unpaired) electrons. The summed E-state index contributed by atoms with van der Waals surface area (Å²) in [5.74, 6) is 0.148. The maximum atomic E-state index is 12.1. The Morgan fingerprint density at radius 1 is 1.31 bits per heavy atom. The second kappa shape index (κ2) is 5.65. The van der Waals surface area contributed by atoms with Gasteiger partial charge in [-0.1, -0.05) is 13.0 Å². The van der Waals surface area contributed by atoms with E-state index >= 15 is 0 Å². The first-order chi connectivity index (χ1) is 7.58. The van der Waals surface area contributed by atoms with E-state index in [1.165, 1.54) is 19.2 Å². The summed E-state index contributed by atoms with van der Waals surface area (Å²) >= 11 is 0. The fraction of sp³-hybridized carbons (Fsp3) is 0.455. The van der Waals surface area contributed by atoms with E-state index in [9.17, 15) is 13.9 Å². The van der Waals surface area contributed by atoms with Crippen molar-refractivity contribution < 1.29 is 23.4 Å². The lowest BCUT2D eigenvalue weighted by Crippen LogP contribution is -2.05. The number of aliphatic hydroxyl groups is 1. The smallest absolute Gasteiger partial charge is 0.387 e. The van der Waals surface area contributed by atoms with Crippen molar-refractivity contribution in [1.82, 2.24) is 0 Å². The normalized spacial score (nSPS) is 12.6. The van der Waals surface area contributed by atoms with Gasteiger partial charge >= 0.3 is 6.61 Å². The van der Waals surface area contributed by atoms with Crippen LogP contribution in [0.5, 0.6) is 11.5 Å². The highest BCUT2D eigenvalue weighted by molar-refractivity contribution is 5.43. The predicted molar refractivity (Wildman–Crippen MR) is 54.9 cm³/mol. The number of hydrogen-bond acceptors (Lipinski definition) is 3. The topological polar surface area (TPSA) is 38.7 Å². The minimum atomic E-state index is -2.91. The van der Waals surface area contributed by atoms with Crippen LogP contribution in [0.2, 0.25) is 0 Å². The Kier molecular flexibility index (Phi) is 4.49. The summed E-state index contributed by atoms with van der Waals surface area (Å²) in [6.07, 6.45) is -0.189. The molecule has 0 bridgehead atoms. The van der Waals surface area contributed by atoms with Crippen molar-refractivity contribution in [2.45, 2.75) is 26.1 Å². The summed E-state index contributed by atoms with van der Waals surface area (Å²) in [5, 5.41) is 9.57. The van der Waals surface area contributed by atoms with Crippen molar-refractivity contribution in [2.24, 2.45) is 0 Å². The molecule has 1 aromatic rings. The Morgan fingerprint density at radius 2 is 2.00 bits per heavy atom. The molecule has 5 heteroatoms. The first-order valence-corrected chi connectivity index (χ1v) is 4.89. The quantitative estimate of drug-likeness (QED) is 0.848. The molecule has 0 aliphatic carbocycles. The number of ether oxygens (including phenoxy) is 2. The van der Waals surface area contributed by atoms with Gasteiger partial charge in [-0.25, -0.2) is 0 Å². The molecule has 1 rings (SSSR count). The van der Waals surface area contributed by atoms with Crippen molar-refractivity contribution in [1.29, 1.82) is 0 Å². The van der Waals surface area contributed by atoms with Crippen LogP contribution >= 0.6 is 0 Å². The van der Waals surface area contributed by atoms with Crippen LogP contribution in [-0.4, -0.2) is 18.8 Å². The van der Waals surface area contributed by atoms with Gasteiger partial charge in [0.15, 0.2) is 11.5 Å². The maximum Gasteiger partial charge on any atom is 0.387 e. The summed E-state index contributed by atoms with van der Waals surface area (Å²) in [6, 6.07) is 4.47. The number of halogens is 2. The fourth-order valence-corrected chi connectivity index (χ4v) is 1.32. The van der Waals surface area contributed by atoms with Gasteiger partial charge in [-0.05, 0) is 24.1 Å². The summed E-state index contributed by atoms with van der Waals surface area (Å²) < 4.78 is 33.4. The van der Waals surface area contributed by atoms with Gasteiger partial charge in [0, 0.05) is 0 Å². The number of benzene rings is 1. The van der Waals surface area contributed by atoms with Crippen LogP contribution < -0.4 is 9.47 Å². The van der Waals surface area contributed by atoms with Crippen LogP contribution in [0.4, 0.5) is 8.78 Å². The van der Waals surface area contributed by atoms with Crippen LogP contribution in [0, 0.1) is 0 Å². The summed E-state index contributed by atoms with van der Waals surface area (Å²) in [7, 11) is 1.36. The molecule has 0 spiro atoms. The third-order valence-corrected chi connectivity index (χ3v) is 2.18. The van der Waals surface area contributed by atoms with Gasteiger partial charge in [-0.3, -0.25) is 0 Å². The zero-order valence-corrected chi connectivity index (χ0v) is 9.11. The van der Waals surface area contributed by atoms with Gasteiger partial charge < -0.3 is 14.6 Å². The molecule has 16 heavy (non-hydrogen) atoms. The van der Waals surface area contributed by atoms with Crippen molar-refractivity contribution >= 4 is 0 Å². The lowest BCUT2D eigenvalue weighted by atomic mass is 10.1. The standard InChI is InChI=1S/C11H14F2O3/c1-3-8(14)7-4-5-9(15-2)10(6-7)16-11(12)13/h4-6,8,11,14H,3H2,1-2H3. The Morgan fingerprint density at radius 3 is 2.50 bits per heavy atom. The molecule has 1 N–H and O–H groups in total. The lowest BCUT2D eigenvalue weighted by Gasteiger charge is -2.13. The van der Waals surface area contributed by atoms with Gasteiger partial charge in [-0.15, -0.1) is 0 Å². The molecular formula is C11H14F2O3. The maximum absolute atomic E-state index is 12.1. The van der Waals surface area contributed by atoms with Gasteiger partial charge in [0.2, 0.25) is 0 Å². The van der Waals surface area contributed by atoms with Crippen molar-refractivity contribution in [3.05, 3.63) is 23.8 Å². The van der Waals surface area contributed by atoms with Gasteiger partial charge in [-0.2, -0.15) is 8.78 Å². The number of aliphatic hydroxyl groups excluding tert-OH is 1. The number of hydrogen-bond donors (Lipinski definition) is 1. The van der Waals surface area contributed by atoms with Crippen molar-refractivity contribution in [3.8, 4) is 11.5 Å². The molecule has 90 valence electrons. The number of rotatable bonds is 5. The Hall–Kier alpha value is -1.36. The molecule has 0 amide bonds. The number of alkyl halides is 2. The molecule has 1 unspecified atom stereocenters. The number of methoxy groups -OCH3 is 1. The van der Waals surface area contributed by atoms with E-state index < -0.39 is 12.7 Å². The van der Waals surface area contributed by atoms with E-state index in [1.54, 1.807) is 13.0 Å². The van der Waals surface area contributed by atoms with Crippen molar-refractivity contribution in [3.63, 3.8) is 0 Å². The average Bonchev–Trinajstić information content (AvgIpc) is 2.27. The molecule has 0 aliphatic rings. The van der Waals surface area contributed by atoms with E-state index in [-0.39, 0.29) is 11.5 Å². The van der Waals surface area contributed by atoms with E-state index in [2.05, 4.69) is 4.74 Å². The highest BCUT2D eigenvalue weighted by Gasteiger charge is 2.13. The highest BCUT2D eigenvalue weighted by Crippen LogP contribution is 2.32. The molecular weight excluding hydrogens is 218 g/mol. The average molecular weight is 232 g/mol. The summed E-state index contributed by atoms with van der Waals surface area (Å²) in [4.78, 5) is 0. The van der Waals surface area contributed by atoms with Gasteiger partial charge in [0.25, 0.3) is 0 Å². The molecule has 1 aromatic carbocycles. The van der Waals surface area contributed by atoms with Crippen molar-refractivity contribution in [2.75, 3.05) is 7.11 Å². The molecule has 0 aromatic heterocycles. The van der Waals surface area contributed by atoms with Gasteiger partial charge in [0.05, 0.1) is 13.2 Å². The van der Waals surface area contributed by atoms with Crippen LogP contribution in [0.25, 0.3) is 0 Å². The molecule has 0 saturated carbocycles. The second-order valence-electron chi connectivity index (χ2n) is 3.21. The van der Waals surface area contributed by atoms with E-state index in [4.69, 9.17) is 4.74 Å². The minimum Gasteiger partial charge on any atom is -0.493 e. The SMILES string of the molecule is CCC(O)c1ccc(OC)c(OC(F)F)c1. The lowest BCUT2D eigenvalue weighted by molar-refractivity contribution is -0.0513. The monoisotopic (exact) mass is 232 g/mol. The molecule has 3 nitrogen and oxygen atoms in total. The third-order valence-electron chi connectivity index (χ3n) is 2.18. The van der Waals surface area contributed by atoms with E-state index in [0.717, 1.165) is 0 Å². The first kappa shape index (κ1) is 12.7. The third kappa shape index (κ3) is 3.06. The van der Waals surface area contributed by atoms with Crippen LogP contribution in [0.1, 0.15) is 25.0 Å². The van der Waals surface area contributed by atoms with Crippen LogP contribution in [-0.2, 0) is 0 Å². The second-order valence-corrected chi connectivity index (χ2v) is 3.21. The fourth-order valence-electron chi connectivity index (χ4n) is 1.32. The molecule has 1 atom stereocenters. The molecule has 0 saturated heterocycles. The molecule has 0 heterocycles. The van der Waals surface area contributed by atoms with Crippen LogP contribution in [0.3, 0.4) is 0 Å². The van der Waals surface area contributed by atoms with Crippen LogP contribution in [0.15, 0.2) is 18.2 Å². The first-order valence-electron chi connectivity index (χ1n) is 4.89. The minimum absolute atomic E-state index is 0.0671. The summed E-state index contributed by atoms with van der Waals surface area (Å²) in [5.41, 5.74) is 0.527. The predicted octanol–water partition coefficient (Wildman–Crippen LogP) is 2.74. The zero-order chi connectivity index (χ0) is 12.1. The Labute approximate surface area is 92.6 Å². The Bertz CT molecular complexity index is 342. The Balaban J connectivity index is 3.00. The largest absolute Gasteiger partial charge is 0.493 e. The molecule has 0 fully saturated rings. The van der Waals surface area contributed by atoms with E-state index in [1.807, 2.05) is 0 Å². The zero-order valence-electron chi connectivity index (χ0n) is 9.11. The van der Waals surface area contributed by atoms with E-state index in [0.29, 0.717) is 12.0 Å². The summed E-state index contributed by atoms with van der Waals surface area (Å²) in [6.45, 7) is -1.12. The molecule has 0 aliphatic heterocycles.